The van der Waals surface area contributed by atoms with Crippen molar-refractivity contribution in [2.45, 2.75) is 110 Å². The second-order valence-corrected chi connectivity index (χ2v) is 9.85. The molecule has 0 spiro atoms. The second-order valence-electron chi connectivity index (χ2n) is 9.85. The first kappa shape index (κ1) is 22.9. The number of esters is 1. The fraction of sp³-hybridized carbons (Fsp3) is 0.826. The van der Waals surface area contributed by atoms with Crippen LogP contribution in [-0.2, 0) is 9.53 Å². The molecule has 0 aliphatic heterocycles. The Morgan fingerprint density at radius 1 is 1.29 bits per heavy atom. The summed E-state index contributed by atoms with van der Waals surface area (Å²) in [6, 6.07) is 0. The van der Waals surface area contributed by atoms with Crippen LogP contribution in [0.1, 0.15) is 121 Å². The SMILES string of the molecule is CC(C)CCC1CCC(C)c2c([C@@H](CCCO)CC(=O)OC(C)(C)C)noc21. The van der Waals surface area contributed by atoms with Gasteiger partial charge >= 0.3 is 5.97 Å². The highest BCUT2D eigenvalue weighted by Gasteiger charge is 2.35. The van der Waals surface area contributed by atoms with Crippen LogP contribution in [0.5, 0.6) is 0 Å². The van der Waals surface area contributed by atoms with E-state index >= 15 is 0 Å². The van der Waals surface area contributed by atoms with Crippen LogP contribution in [0.4, 0.5) is 0 Å². The summed E-state index contributed by atoms with van der Waals surface area (Å²) in [6.07, 6.45) is 6.20. The highest BCUT2D eigenvalue weighted by atomic mass is 16.6. The van der Waals surface area contributed by atoms with Gasteiger partial charge in [-0.3, -0.25) is 4.79 Å². The number of carbonyl (C=O) groups excluding carboxylic acids is 1. The van der Waals surface area contributed by atoms with Crippen molar-refractivity contribution >= 4 is 5.97 Å². The van der Waals surface area contributed by atoms with E-state index in [9.17, 15) is 9.90 Å². The van der Waals surface area contributed by atoms with Gasteiger partial charge in [0.1, 0.15) is 11.4 Å². The Labute approximate surface area is 170 Å². The van der Waals surface area contributed by atoms with Gasteiger partial charge in [0.25, 0.3) is 0 Å². The number of aromatic nitrogens is 1. The largest absolute Gasteiger partial charge is 0.460 e. The quantitative estimate of drug-likeness (QED) is 0.546. The fourth-order valence-electron chi connectivity index (χ4n) is 4.20. The number of aliphatic hydroxyl groups is 1. The van der Waals surface area contributed by atoms with Gasteiger partial charge in [-0.2, -0.15) is 0 Å². The predicted molar refractivity (Wildman–Crippen MR) is 110 cm³/mol. The molecule has 28 heavy (non-hydrogen) atoms. The third-order valence-corrected chi connectivity index (χ3v) is 5.62. The van der Waals surface area contributed by atoms with Crippen molar-refractivity contribution in [1.82, 2.24) is 5.16 Å². The first-order valence-electron chi connectivity index (χ1n) is 10.9. The van der Waals surface area contributed by atoms with E-state index in [4.69, 9.17) is 9.26 Å². The predicted octanol–water partition coefficient (Wildman–Crippen LogP) is 5.68. The molecule has 0 saturated carbocycles. The lowest BCUT2D eigenvalue weighted by atomic mass is 9.76. The first-order chi connectivity index (χ1) is 13.1. The molecule has 1 aromatic heterocycles. The molecule has 0 saturated heterocycles. The van der Waals surface area contributed by atoms with E-state index in [1.807, 2.05) is 20.8 Å². The van der Waals surface area contributed by atoms with Gasteiger partial charge in [0.05, 0.1) is 12.1 Å². The van der Waals surface area contributed by atoms with Crippen molar-refractivity contribution in [1.29, 1.82) is 0 Å². The number of carbonyl (C=O) groups is 1. The Morgan fingerprint density at radius 2 is 2.00 bits per heavy atom. The Balaban J connectivity index is 2.25. The van der Waals surface area contributed by atoms with E-state index in [2.05, 4.69) is 25.9 Å². The van der Waals surface area contributed by atoms with Gasteiger partial charge in [-0.1, -0.05) is 32.3 Å². The summed E-state index contributed by atoms with van der Waals surface area (Å²) in [4.78, 5) is 12.5. The van der Waals surface area contributed by atoms with Gasteiger partial charge in [-0.15, -0.1) is 0 Å². The number of ether oxygens (including phenoxy) is 1. The van der Waals surface area contributed by atoms with Gasteiger partial charge in [0.15, 0.2) is 0 Å². The molecular weight excluding hydrogens is 354 g/mol. The molecule has 2 rings (SSSR count). The van der Waals surface area contributed by atoms with Crippen LogP contribution in [0.2, 0.25) is 0 Å². The van der Waals surface area contributed by atoms with Gasteiger partial charge in [-0.05, 0) is 64.7 Å². The van der Waals surface area contributed by atoms with Crippen LogP contribution in [0.3, 0.4) is 0 Å². The molecule has 1 aromatic rings. The van der Waals surface area contributed by atoms with E-state index in [1.54, 1.807) is 0 Å². The standard InChI is InChI=1S/C23H39NO4/c1-15(2)9-11-17-12-10-16(3)20-21(24-28-22(17)20)18(8-7-13-25)14-19(26)27-23(4,5)6/h15-18,25H,7-14H2,1-6H3/t16?,17?,18-/m0/s1. The zero-order valence-corrected chi connectivity index (χ0v) is 18.6. The summed E-state index contributed by atoms with van der Waals surface area (Å²) in [5, 5.41) is 13.8. The fourth-order valence-corrected chi connectivity index (χ4v) is 4.20. The van der Waals surface area contributed by atoms with Crippen LogP contribution in [0, 0.1) is 5.92 Å². The van der Waals surface area contributed by atoms with Crippen molar-refractivity contribution in [2.24, 2.45) is 5.92 Å². The third-order valence-electron chi connectivity index (χ3n) is 5.62. The molecule has 0 radical (unpaired) electrons. The minimum atomic E-state index is -0.503. The molecule has 1 heterocycles. The molecule has 0 bridgehead atoms. The normalized spacial score (nSPS) is 20.9. The maximum atomic E-state index is 12.5. The summed E-state index contributed by atoms with van der Waals surface area (Å²) < 4.78 is 11.4. The molecule has 1 aliphatic rings. The third kappa shape index (κ3) is 6.33. The van der Waals surface area contributed by atoms with E-state index < -0.39 is 5.60 Å². The van der Waals surface area contributed by atoms with E-state index in [1.165, 1.54) is 12.0 Å². The molecule has 0 amide bonds. The molecular formula is C23H39NO4. The van der Waals surface area contributed by atoms with Crippen LogP contribution < -0.4 is 0 Å². The van der Waals surface area contributed by atoms with Crippen molar-refractivity contribution in [3.05, 3.63) is 17.0 Å². The first-order valence-corrected chi connectivity index (χ1v) is 10.9. The number of rotatable bonds is 9. The van der Waals surface area contributed by atoms with E-state index in [0.29, 0.717) is 30.6 Å². The number of aliphatic hydroxyl groups excluding tert-OH is 1. The van der Waals surface area contributed by atoms with E-state index in [-0.39, 0.29) is 24.9 Å². The van der Waals surface area contributed by atoms with Crippen molar-refractivity contribution in [3.63, 3.8) is 0 Å². The topological polar surface area (TPSA) is 72.6 Å². The molecule has 3 atom stereocenters. The zero-order valence-electron chi connectivity index (χ0n) is 18.6. The molecule has 2 unspecified atom stereocenters. The Hall–Kier alpha value is -1.36. The Kier molecular flexibility index (Phi) is 8.11. The molecule has 160 valence electrons. The van der Waals surface area contributed by atoms with Crippen molar-refractivity contribution < 1.29 is 19.2 Å². The lowest BCUT2D eigenvalue weighted by Gasteiger charge is -2.27. The summed E-state index contributed by atoms with van der Waals surface area (Å²) in [6.45, 7) is 12.5. The second kappa shape index (κ2) is 9.91. The van der Waals surface area contributed by atoms with Gasteiger partial charge in [0.2, 0.25) is 0 Å². The smallest absolute Gasteiger partial charge is 0.306 e. The van der Waals surface area contributed by atoms with Crippen LogP contribution in [-0.4, -0.2) is 28.4 Å². The highest BCUT2D eigenvalue weighted by molar-refractivity contribution is 5.71. The molecule has 0 aromatic carbocycles. The van der Waals surface area contributed by atoms with Crippen LogP contribution >= 0.6 is 0 Å². The highest BCUT2D eigenvalue weighted by Crippen LogP contribution is 2.45. The van der Waals surface area contributed by atoms with Gasteiger partial charge in [0, 0.05) is 24.0 Å². The minimum absolute atomic E-state index is 0.0687. The van der Waals surface area contributed by atoms with Crippen molar-refractivity contribution in [2.75, 3.05) is 6.61 Å². The Morgan fingerprint density at radius 3 is 2.61 bits per heavy atom. The average molecular weight is 394 g/mol. The molecule has 1 N–H and O–H groups in total. The van der Waals surface area contributed by atoms with Crippen molar-refractivity contribution in [3.8, 4) is 0 Å². The molecule has 5 nitrogen and oxygen atoms in total. The minimum Gasteiger partial charge on any atom is -0.460 e. The molecule has 5 heteroatoms. The summed E-state index contributed by atoms with van der Waals surface area (Å²) in [7, 11) is 0. The molecule has 1 aliphatic carbocycles. The number of hydrogen-bond donors (Lipinski definition) is 1. The summed E-state index contributed by atoms with van der Waals surface area (Å²) >= 11 is 0. The van der Waals surface area contributed by atoms with Crippen LogP contribution in [0.25, 0.3) is 0 Å². The van der Waals surface area contributed by atoms with Gasteiger partial charge < -0.3 is 14.4 Å². The number of hydrogen-bond acceptors (Lipinski definition) is 5. The summed E-state index contributed by atoms with van der Waals surface area (Å²) in [5.41, 5.74) is 1.62. The molecule has 0 fully saturated rings. The zero-order chi connectivity index (χ0) is 20.9. The lowest BCUT2D eigenvalue weighted by Crippen LogP contribution is -2.25. The lowest BCUT2D eigenvalue weighted by molar-refractivity contribution is -0.155. The number of nitrogens with zero attached hydrogens (tertiary/aromatic N) is 1. The number of fused-ring (bicyclic) bond motifs is 1. The summed E-state index contributed by atoms with van der Waals surface area (Å²) in [5.74, 6) is 2.24. The average Bonchev–Trinajstić information content (AvgIpc) is 3.02. The van der Waals surface area contributed by atoms with E-state index in [0.717, 1.165) is 30.7 Å². The van der Waals surface area contributed by atoms with Gasteiger partial charge in [-0.25, -0.2) is 0 Å². The van der Waals surface area contributed by atoms with Crippen LogP contribution in [0.15, 0.2) is 4.52 Å². The Bertz CT molecular complexity index is 629. The monoisotopic (exact) mass is 393 g/mol. The maximum absolute atomic E-state index is 12.5. The maximum Gasteiger partial charge on any atom is 0.306 e.